The number of benzene rings is 8. The molecule has 6 heteroatoms. The monoisotopic (exact) mass is 730 g/mol. The molecule has 4 aromatic heterocycles. The van der Waals surface area contributed by atoms with Crippen LogP contribution in [0.4, 0.5) is 0 Å². The predicted octanol–water partition coefficient (Wildman–Crippen LogP) is 13.4. The van der Waals surface area contributed by atoms with Gasteiger partial charge in [-0.2, -0.15) is 0 Å². The maximum absolute atomic E-state index is 6.66. The molecule has 8 aromatic carbocycles. The van der Waals surface area contributed by atoms with Gasteiger partial charge in [-0.1, -0.05) is 121 Å². The highest BCUT2D eigenvalue weighted by atomic mass is 16.3. The van der Waals surface area contributed by atoms with E-state index in [1.807, 2.05) is 48.5 Å². The summed E-state index contributed by atoms with van der Waals surface area (Å²) in [7, 11) is 0. The zero-order valence-electron chi connectivity index (χ0n) is 30.4. The Balaban J connectivity index is 1.10. The Morgan fingerprint density at radius 3 is 1.79 bits per heavy atom. The fraction of sp³-hybridized carbons (Fsp3) is 0. The highest BCUT2D eigenvalue weighted by molar-refractivity contribution is 6.19. The first-order chi connectivity index (χ1) is 28.2. The molecule has 0 spiro atoms. The van der Waals surface area contributed by atoms with Crippen LogP contribution in [0.15, 0.2) is 191 Å². The van der Waals surface area contributed by atoms with Crippen molar-refractivity contribution in [3.05, 3.63) is 182 Å². The molecule has 12 rings (SSSR count). The summed E-state index contributed by atoms with van der Waals surface area (Å²) in [6.07, 6.45) is 0. The highest BCUT2D eigenvalue weighted by Gasteiger charge is 2.21. The molecule has 0 fully saturated rings. The number of nitrogens with zero attached hydrogens (tertiary/aromatic N) is 4. The first-order valence-electron chi connectivity index (χ1n) is 19.0. The SMILES string of the molecule is c1ccc(-c2ccc(-c3nc(-c4ccc5oc6ccccc6c5c4)nc(-c4cccc5oc6cc7c8ccccc8n(-c8ccccc8)c7cc6c45)n3)cc2)cc1. The van der Waals surface area contributed by atoms with Crippen LogP contribution in [-0.2, 0) is 0 Å². The summed E-state index contributed by atoms with van der Waals surface area (Å²) in [5, 5.41) is 6.32. The largest absolute Gasteiger partial charge is 0.456 e. The number of furan rings is 2. The number of hydrogen-bond acceptors (Lipinski definition) is 5. The molecule has 0 amide bonds. The lowest BCUT2D eigenvalue weighted by atomic mass is 10.0. The number of fused-ring (bicyclic) bond motifs is 9. The van der Waals surface area contributed by atoms with Crippen molar-refractivity contribution in [3.8, 4) is 51.0 Å². The van der Waals surface area contributed by atoms with Crippen molar-refractivity contribution in [2.24, 2.45) is 0 Å². The average Bonchev–Trinajstić information content (AvgIpc) is 3.95. The quantitative estimate of drug-likeness (QED) is 0.176. The highest BCUT2D eigenvalue weighted by Crippen LogP contribution is 2.42. The molecule has 0 N–H and O–H groups in total. The zero-order valence-corrected chi connectivity index (χ0v) is 30.4. The summed E-state index contributed by atoms with van der Waals surface area (Å²) < 4.78 is 15.2. The Morgan fingerprint density at radius 1 is 0.333 bits per heavy atom. The van der Waals surface area contributed by atoms with Crippen molar-refractivity contribution in [2.75, 3.05) is 0 Å². The minimum atomic E-state index is 0.566. The molecule has 0 aliphatic rings. The van der Waals surface area contributed by atoms with Gasteiger partial charge in [-0.05, 0) is 71.8 Å². The molecular weight excluding hydrogens is 701 g/mol. The fourth-order valence-electron chi connectivity index (χ4n) is 8.39. The molecule has 0 saturated carbocycles. The molecule has 0 aliphatic heterocycles. The second kappa shape index (κ2) is 12.3. The third-order valence-corrected chi connectivity index (χ3v) is 11.1. The Morgan fingerprint density at radius 2 is 0.947 bits per heavy atom. The van der Waals surface area contributed by atoms with Crippen LogP contribution in [0, 0.1) is 0 Å². The van der Waals surface area contributed by atoms with E-state index in [1.165, 1.54) is 5.39 Å². The van der Waals surface area contributed by atoms with Crippen molar-refractivity contribution in [1.29, 1.82) is 0 Å². The van der Waals surface area contributed by atoms with Gasteiger partial charge in [0.25, 0.3) is 0 Å². The van der Waals surface area contributed by atoms with E-state index in [4.69, 9.17) is 23.8 Å². The third kappa shape index (κ3) is 5.01. The molecule has 266 valence electrons. The van der Waals surface area contributed by atoms with Crippen molar-refractivity contribution in [2.45, 2.75) is 0 Å². The molecule has 6 nitrogen and oxygen atoms in total. The average molecular weight is 731 g/mol. The molecule has 4 heterocycles. The van der Waals surface area contributed by atoms with Crippen LogP contribution < -0.4 is 0 Å². The number of rotatable bonds is 5. The maximum Gasteiger partial charge on any atom is 0.164 e. The van der Waals surface area contributed by atoms with Gasteiger partial charge in [-0.15, -0.1) is 0 Å². The second-order valence-corrected chi connectivity index (χ2v) is 14.4. The van der Waals surface area contributed by atoms with Gasteiger partial charge in [0.15, 0.2) is 17.5 Å². The lowest BCUT2D eigenvalue weighted by molar-refractivity contribution is 0.668. The van der Waals surface area contributed by atoms with Gasteiger partial charge in [0.1, 0.15) is 22.3 Å². The molecule has 0 unspecified atom stereocenters. The molecule has 0 aliphatic carbocycles. The molecule has 12 aromatic rings. The normalized spacial score (nSPS) is 11.9. The van der Waals surface area contributed by atoms with Crippen LogP contribution in [-0.4, -0.2) is 19.5 Å². The first kappa shape index (κ1) is 31.5. The number of aromatic nitrogens is 4. The van der Waals surface area contributed by atoms with Crippen LogP contribution in [0.25, 0.3) is 117 Å². The molecule has 0 bridgehead atoms. The van der Waals surface area contributed by atoms with Crippen molar-refractivity contribution in [3.63, 3.8) is 0 Å². The van der Waals surface area contributed by atoms with Gasteiger partial charge in [0.05, 0.1) is 11.0 Å². The van der Waals surface area contributed by atoms with Gasteiger partial charge < -0.3 is 13.4 Å². The predicted molar refractivity (Wildman–Crippen MR) is 230 cm³/mol. The van der Waals surface area contributed by atoms with Crippen LogP contribution in [0.1, 0.15) is 0 Å². The summed E-state index contributed by atoms with van der Waals surface area (Å²) in [6.45, 7) is 0. The number of para-hydroxylation sites is 3. The van der Waals surface area contributed by atoms with Gasteiger partial charge in [0, 0.05) is 54.7 Å². The van der Waals surface area contributed by atoms with Crippen LogP contribution in [0.2, 0.25) is 0 Å². The van der Waals surface area contributed by atoms with Gasteiger partial charge in [-0.3, -0.25) is 0 Å². The van der Waals surface area contributed by atoms with Crippen molar-refractivity contribution >= 4 is 65.7 Å². The van der Waals surface area contributed by atoms with Crippen molar-refractivity contribution in [1.82, 2.24) is 19.5 Å². The summed E-state index contributed by atoms with van der Waals surface area (Å²) in [5.74, 6) is 1.73. The molecule has 0 saturated heterocycles. The Kier molecular flexibility index (Phi) is 6.83. The number of hydrogen-bond donors (Lipinski definition) is 0. The van der Waals surface area contributed by atoms with E-state index in [2.05, 4.69) is 138 Å². The van der Waals surface area contributed by atoms with E-state index in [-0.39, 0.29) is 0 Å². The van der Waals surface area contributed by atoms with Gasteiger partial charge in [-0.25, -0.2) is 15.0 Å². The van der Waals surface area contributed by atoms with Crippen LogP contribution in [0.5, 0.6) is 0 Å². The topological polar surface area (TPSA) is 69.9 Å². The smallest absolute Gasteiger partial charge is 0.164 e. The Labute approximate surface area is 325 Å². The summed E-state index contributed by atoms with van der Waals surface area (Å²) in [6, 6.07) is 62.7. The third-order valence-electron chi connectivity index (χ3n) is 11.1. The minimum absolute atomic E-state index is 0.566. The summed E-state index contributed by atoms with van der Waals surface area (Å²) >= 11 is 0. The molecule has 0 radical (unpaired) electrons. The van der Waals surface area contributed by atoms with E-state index in [9.17, 15) is 0 Å². The Hall–Kier alpha value is -7.83. The molecule has 0 atom stereocenters. The maximum atomic E-state index is 6.66. The van der Waals surface area contributed by atoms with E-state index >= 15 is 0 Å². The standard InChI is InChI=1S/C51H30N4O2/c1-3-12-31(13-4-1)32-22-24-33(25-23-32)49-52-50(34-26-27-45-40(28-34)37-17-8-10-20-44(37)56-45)54-51(53-49)38-18-11-21-46-48(38)41-29-43-39(30-47(41)57-46)36-16-7-9-19-42(36)55(43)35-14-5-2-6-15-35/h1-30H. The minimum Gasteiger partial charge on any atom is -0.456 e. The van der Waals surface area contributed by atoms with Crippen LogP contribution >= 0.6 is 0 Å². The van der Waals surface area contributed by atoms with Crippen LogP contribution in [0.3, 0.4) is 0 Å². The van der Waals surface area contributed by atoms with E-state index < -0.39 is 0 Å². The summed E-state index contributed by atoms with van der Waals surface area (Å²) in [4.78, 5) is 15.6. The first-order valence-corrected chi connectivity index (χ1v) is 19.0. The summed E-state index contributed by atoms with van der Waals surface area (Å²) in [5.41, 5.74) is 11.5. The zero-order chi connectivity index (χ0) is 37.5. The molecule has 57 heavy (non-hydrogen) atoms. The fourth-order valence-corrected chi connectivity index (χ4v) is 8.39. The van der Waals surface area contributed by atoms with E-state index in [0.717, 1.165) is 93.8 Å². The molecular formula is C51H30N4O2. The van der Waals surface area contributed by atoms with Gasteiger partial charge >= 0.3 is 0 Å². The lowest BCUT2D eigenvalue weighted by Gasteiger charge is -2.10. The lowest BCUT2D eigenvalue weighted by Crippen LogP contribution is -2.00. The Bertz CT molecular complexity index is 3510. The second-order valence-electron chi connectivity index (χ2n) is 14.4. The van der Waals surface area contributed by atoms with Crippen molar-refractivity contribution < 1.29 is 8.83 Å². The van der Waals surface area contributed by atoms with E-state index in [0.29, 0.717) is 17.5 Å². The van der Waals surface area contributed by atoms with Gasteiger partial charge in [0.2, 0.25) is 0 Å². The van der Waals surface area contributed by atoms with E-state index in [1.54, 1.807) is 0 Å².